The van der Waals surface area contributed by atoms with Crippen molar-refractivity contribution in [3.05, 3.63) is 0 Å². The van der Waals surface area contributed by atoms with Gasteiger partial charge in [-0.25, -0.2) is 0 Å². The monoisotopic (exact) mass is 130 g/mol. The van der Waals surface area contributed by atoms with Crippen molar-refractivity contribution in [2.75, 3.05) is 6.61 Å². The van der Waals surface area contributed by atoms with Crippen molar-refractivity contribution in [2.24, 2.45) is 11.3 Å². The van der Waals surface area contributed by atoms with Crippen molar-refractivity contribution in [1.29, 1.82) is 0 Å². The van der Waals surface area contributed by atoms with Crippen LogP contribution in [0.5, 0.6) is 0 Å². The topological polar surface area (TPSA) is 20.2 Å². The van der Waals surface area contributed by atoms with Gasteiger partial charge in [-0.05, 0) is 17.8 Å². The van der Waals surface area contributed by atoms with E-state index in [0.29, 0.717) is 12.5 Å². The summed E-state index contributed by atoms with van der Waals surface area (Å²) in [6, 6.07) is 0. The molecule has 0 saturated heterocycles. The van der Waals surface area contributed by atoms with Gasteiger partial charge in [0.25, 0.3) is 0 Å². The normalized spacial score (nSPS) is 18.0. The minimum atomic E-state index is 0.139. The van der Waals surface area contributed by atoms with E-state index in [0.717, 1.165) is 6.42 Å². The van der Waals surface area contributed by atoms with Crippen LogP contribution in [0.25, 0.3) is 0 Å². The highest BCUT2D eigenvalue weighted by Gasteiger charge is 2.24. The van der Waals surface area contributed by atoms with E-state index < -0.39 is 0 Å². The van der Waals surface area contributed by atoms with Crippen molar-refractivity contribution in [3.8, 4) is 0 Å². The number of hydrogen-bond donors (Lipinski definition) is 1. The molecule has 0 aliphatic heterocycles. The Labute approximate surface area is 58.1 Å². The van der Waals surface area contributed by atoms with E-state index in [1.807, 2.05) is 0 Å². The zero-order valence-electron chi connectivity index (χ0n) is 6.94. The summed E-state index contributed by atoms with van der Waals surface area (Å²) >= 11 is 0. The molecule has 0 heterocycles. The molecular weight excluding hydrogens is 112 g/mol. The lowest BCUT2D eigenvalue weighted by atomic mass is 9.78. The van der Waals surface area contributed by atoms with Crippen LogP contribution in [-0.4, -0.2) is 11.7 Å². The molecule has 0 bridgehead atoms. The zero-order valence-corrected chi connectivity index (χ0v) is 6.94. The second kappa shape index (κ2) is 3.21. The lowest BCUT2D eigenvalue weighted by Crippen LogP contribution is -2.26. The van der Waals surface area contributed by atoms with Crippen LogP contribution in [0, 0.1) is 11.3 Å². The molecule has 0 fully saturated rings. The molecule has 56 valence electrons. The maximum absolute atomic E-state index is 8.96. The van der Waals surface area contributed by atoms with Gasteiger partial charge in [-0.3, -0.25) is 0 Å². The Kier molecular flexibility index (Phi) is 3.20. The van der Waals surface area contributed by atoms with Crippen LogP contribution in [0.3, 0.4) is 0 Å². The lowest BCUT2D eigenvalue weighted by Gasteiger charge is -2.29. The lowest BCUT2D eigenvalue weighted by molar-refractivity contribution is 0.0906. The SMILES string of the molecule is CCC(C)(CO)C(C)C. The van der Waals surface area contributed by atoms with Crippen LogP contribution >= 0.6 is 0 Å². The van der Waals surface area contributed by atoms with E-state index in [4.69, 9.17) is 5.11 Å². The maximum Gasteiger partial charge on any atom is 0.0487 e. The van der Waals surface area contributed by atoms with Gasteiger partial charge in [-0.15, -0.1) is 0 Å². The maximum atomic E-state index is 8.96. The Morgan fingerprint density at radius 3 is 1.89 bits per heavy atom. The third kappa shape index (κ3) is 1.98. The molecule has 0 aromatic heterocycles. The van der Waals surface area contributed by atoms with Crippen LogP contribution in [0.2, 0.25) is 0 Å². The number of aliphatic hydroxyl groups is 1. The van der Waals surface area contributed by atoms with Crippen LogP contribution in [0.1, 0.15) is 34.1 Å². The Bertz CT molecular complexity index is 72.6. The number of rotatable bonds is 3. The molecule has 1 N–H and O–H groups in total. The zero-order chi connectivity index (χ0) is 7.49. The largest absolute Gasteiger partial charge is 0.396 e. The number of hydrogen-bond acceptors (Lipinski definition) is 1. The Morgan fingerprint density at radius 1 is 1.44 bits per heavy atom. The van der Waals surface area contributed by atoms with Crippen LogP contribution in [0.4, 0.5) is 0 Å². The van der Waals surface area contributed by atoms with Gasteiger partial charge in [-0.1, -0.05) is 27.7 Å². The van der Waals surface area contributed by atoms with Gasteiger partial charge in [0.15, 0.2) is 0 Å². The summed E-state index contributed by atoms with van der Waals surface area (Å²) in [5, 5.41) is 8.96. The Balaban J connectivity index is 3.92. The average molecular weight is 130 g/mol. The van der Waals surface area contributed by atoms with Crippen LogP contribution in [0.15, 0.2) is 0 Å². The molecule has 0 radical (unpaired) electrons. The molecule has 0 aromatic rings. The molecular formula is C8H18O. The van der Waals surface area contributed by atoms with E-state index in [1.54, 1.807) is 0 Å². The van der Waals surface area contributed by atoms with Crippen LogP contribution < -0.4 is 0 Å². The fourth-order valence-electron chi connectivity index (χ4n) is 0.703. The molecule has 0 rings (SSSR count). The third-order valence-electron chi connectivity index (χ3n) is 2.56. The van der Waals surface area contributed by atoms with E-state index >= 15 is 0 Å². The molecule has 1 heteroatoms. The predicted molar refractivity (Wildman–Crippen MR) is 40.3 cm³/mol. The van der Waals surface area contributed by atoms with Gasteiger partial charge in [0.1, 0.15) is 0 Å². The second-order valence-electron chi connectivity index (χ2n) is 3.32. The highest BCUT2D eigenvalue weighted by molar-refractivity contribution is 4.74. The first-order chi connectivity index (χ1) is 4.06. The molecule has 0 aliphatic carbocycles. The smallest absolute Gasteiger partial charge is 0.0487 e. The molecule has 0 aliphatic rings. The summed E-state index contributed by atoms with van der Waals surface area (Å²) in [5.41, 5.74) is 0.139. The van der Waals surface area contributed by atoms with Crippen molar-refractivity contribution >= 4 is 0 Å². The van der Waals surface area contributed by atoms with E-state index in [9.17, 15) is 0 Å². The summed E-state index contributed by atoms with van der Waals surface area (Å²) < 4.78 is 0. The molecule has 0 aromatic carbocycles. The highest BCUT2D eigenvalue weighted by atomic mass is 16.3. The highest BCUT2D eigenvalue weighted by Crippen LogP contribution is 2.29. The summed E-state index contributed by atoms with van der Waals surface area (Å²) in [6.07, 6.45) is 1.06. The van der Waals surface area contributed by atoms with Gasteiger partial charge in [0.2, 0.25) is 0 Å². The van der Waals surface area contributed by atoms with Gasteiger partial charge < -0.3 is 5.11 Å². The summed E-state index contributed by atoms with van der Waals surface area (Å²) in [4.78, 5) is 0. The van der Waals surface area contributed by atoms with E-state index in [2.05, 4.69) is 27.7 Å². The molecule has 1 unspecified atom stereocenters. The second-order valence-corrected chi connectivity index (χ2v) is 3.32. The standard InChI is InChI=1S/C8H18O/c1-5-8(4,6-9)7(2)3/h7,9H,5-6H2,1-4H3. The molecule has 1 atom stereocenters. The molecule has 0 spiro atoms. The average Bonchev–Trinajstić information content (AvgIpc) is 1.86. The predicted octanol–water partition coefficient (Wildman–Crippen LogP) is 2.05. The van der Waals surface area contributed by atoms with Crippen molar-refractivity contribution in [3.63, 3.8) is 0 Å². The molecule has 9 heavy (non-hydrogen) atoms. The Hall–Kier alpha value is -0.0400. The van der Waals surface area contributed by atoms with Crippen molar-refractivity contribution in [1.82, 2.24) is 0 Å². The van der Waals surface area contributed by atoms with Gasteiger partial charge in [0, 0.05) is 6.61 Å². The van der Waals surface area contributed by atoms with Crippen molar-refractivity contribution in [2.45, 2.75) is 34.1 Å². The fraction of sp³-hybridized carbons (Fsp3) is 1.00. The van der Waals surface area contributed by atoms with E-state index in [-0.39, 0.29) is 5.41 Å². The van der Waals surface area contributed by atoms with Gasteiger partial charge in [0.05, 0.1) is 0 Å². The summed E-state index contributed by atoms with van der Waals surface area (Å²) in [6.45, 7) is 8.86. The molecule has 0 amide bonds. The first-order valence-electron chi connectivity index (χ1n) is 3.67. The minimum absolute atomic E-state index is 0.139. The quantitative estimate of drug-likeness (QED) is 0.620. The molecule has 0 saturated carbocycles. The fourth-order valence-corrected chi connectivity index (χ4v) is 0.703. The molecule has 1 nitrogen and oxygen atoms in total. The third-order valence-corrected chi connectivity index (χ3v) is 2.56. The van der Waals surface area contributed by atoms with Gasteiger partial charge in [-0.2, -0.15) is 0 Å². The number of aliphatic hydroxyl groups excluding tert-OH is 1. The first kappa shape index (κ1) is 8.96. The van der Waals surface area contributed by atoms with Crippen LogP contribution in [-0.2, 0) is 0 Å². The van der Waals surface area contributed by atoms with E-state index in [1.165, 1.54) is 0 Å². The first-order valence-corrected chi connectivity index (χ1v) is 3.67. The summed E-state index contributed by atoms with van der Waals surface area (Å²) in [7, 11) is 0. The summed E-state index contributed by atoms with van der Waals surface area (Å²) in [5.74, 6) is 0.576. The van der Waals surface area contributed by atoms with Crippen molar-refractivity contribution < 1.29 is 5.11 Å². The Morgan fingerprint density at radius 2 is 1.89 bits per heavy atom. The minimum Gasteiger partial charge on any atom is -0.396 e. The van der Waals surface area contributed by atoms with Gasteiger partial charge >= 0.3 is 0 Å².